The van der Waals surface area contributed by atoms with E-state index in [0.29, 0.717) is 32.1 Å². The van der Waals surface area contributed by atoms with Gasteiger partial charge in [0.2, 0.25) is 0 Å². The number of hydrogen-bond acceptors (Lipinski definition) is 18. The lowest BCUT2D eigenvalue weighted by molar-refractivity contribution is -0.369. The highest BCUT2D eigenvalue weighted by molar-refractivity contribution is 5.69. The lowest BCUT2D eigenvalue weighted by Gasteiger charge is -2.47. The monoisotopic (exact) mass is 937 g/mol. The molecule has 4 fully saturated rings. The lowest BCUT2D eigenvalue weighted by Crippen LogP contribution is -2.64. The molecular weight excluding hydrogens is 852 g/mol. The van der Waals surface area contributed by atoms with Gasteiger partial charge in [0.1, 0.15) is 73.2 Å². The van der Waals surface area contributed by atoms with Crippen LogP contribution in [-0.2, 0) is 42.7 Å². The van der Waals surface area contributed by atoms with E-state index in [0.717, 1.165) is 57.8 Å². The minimum absolute atomic E-state index is 0.00969. The van der Waals surface area contributed by atoms with Gasteiger partial charge in [-0.2, -0.15) is 0 Å². The van der Waals surface area contributed by atoms with E-state index in [4.69, 9.17) is 37.9 Å². The fourth-order valence-electron chi connectivity index (χ4n) is 9.29. The smallest absolute Gasteiger partial charge is 0.306 e. The molecule has 0 bridgehead atoms. The first-order valence-electron chi connectivity index (χ1n) is 24.6. The first kappa shape index (κ1) is 56.2. The molecule has 4 aliphatic heterocycles. The molecular formula is C47H84O18. The first-order chi connectivity index (χ1) is 31.0. The van der Waals surface area contributed by atoms with Crippen molar-refractivity contribution in [2.45, 2.75) is 274 Å². The molecule has 0 aliphatic carbocycles. The van der Waals surface area contributed by atoms with Crippen molar-refractivity contribution in [3.63, 3.8) is 0 Å². The van der Waals surface area contributed by atoms with E-state index in [1.165, 1.54) is 0 Å². The fraction of sp³-hybridized carbons (Fsp3) is 0.936. The van der Waals surface area contributed by atoms with Crippen LogP contribution >= 0.6 is 0 Å². The van der Waals surface area contributed by atoms with E-state index < -0.39 is 135 Å². The van der Waals surface area contributed by atoms with Crippen LogP contribution in [0.2, 0.25) is 0 Å². The third-order valence-corrected chi connectivity index (χ3v) is 13.6. The molecule has 65 heavy (non-hydrogen) atoms. The molecule has 4 aliphatic rings. The van der Waals surface area contributed by atoms with Crippen LogP contribution < -0.4 is 0 Å². The van der Waals surface area contributed by atoms with E-state index in [9.17, 15) is 50.8 Å². The molecule has 380 valence electrons. The van der Waals surface area contributed by atoms with Crippen LogP contribution in [0.4, 0.5) is 0 Å². The summed E-state index contributed by atoms with van der Waals surface area (Å²) in [6, 6.07) is 0. The second kappa shape index (κ2) is 27.7. The molecule has 0 aromatic heterocycles. The Kier molecular flexibility index (Phi) is 23.9. The normalized spacial score (nSPS) is 41.4. The second-order valence-corrected chi connectivity index (χ2v) is 18.4. The maximum atomic E-state index is 12.9. The van der Waals surface area contributed by atoms with E-state index >= 15 is 0 Å². The third kappa shape index (κ3) is 15.0. The zero-order valence-electron chi connectivity index (χ0n) is 39.7. The Hall–Kier alpha value is -1.43. The topological polar surface area (TPSA) is 273 Å². The van der Waals surface area contributed by atoms with Gasteiger partial charge in [0, 0.05) is 12.3 Å². The molecule has 0 radical (unpaired) electrons. The number of esters is 1. The molecule has 0 spiro atoms. The van der Waals surface area contributed by atoms with Gasteiger partial charge < -0.3 is 83.9 Å². The Bertz CT molecular complexity index is 1370. The molecule has 9 N–H and O–H groups in total. The summed E-state index contributed by atoms with van der Waals surface area (Å²) in [7, 11) is 0. The molecule has 4 heterocycles. The van der Waals surface area contributed by atoms with Crippen LogP contribution in [0.15, 0.2) is 12.2 Å². The SMILES string of the molecule is CCCCCC(/C=C\CCCCCCCC(=O)O[C@@H]1C(CC)O[C@@H](OC2C(C)OC(CC)[C@@H](O)[C@@H]2O)C(O)[C@H]1O)C(C)O[C@@H]1OC(CC)[C@@H](O)[C@H](O)C1O[C@@H]1OC(CC)[C@@H](O)[C@H](O)C1O. The van der Waals surface area contributed by atoms with Gasteiger partial charge in [0.05, 0.1) is 30.5 Å². The predicted molar refractivity (Wildman–Crippen MR) is 235 cm³/mol. The molecule has 0 aromatic carbocycles. The zero-order chi connectivity index (χ0) is 48.0. The number of carbonyl (C=O) groups is 1. The van der Waals surface area contributed by atoms with Gasteiger partial charge in [0.25, 0.3) is 0 Å². The Morgan fingerprint density at radius 2 is 1.03 bits per heavy atom. The summed E-state index contributed by atoms with van der Waals surface area (Å²) in [6.45, 7) is 13.0. The van der Waals surface area contributed by atoms with Crippen molar-refractivity contribution < 1.29 is 88.6 Å². The maximum Gasteiger partial charge on any atom is 0.306 e. The van der Waals surface area contributed by atoms with Crippen molar-refractivity contribution >= 4 is 5.97 Å². The summed E-state index contributed by atoms with van der Waals surface area (Å²) in [5.41, 5.74) is 0. The summed E-state index contributed by atoms with van der Waals surface area (Å²) in [4.78, 5) is 12.9. The number of hydrogen-bond donors (Lipinski definition) is 9. The van der Waals surface area contributed by atoms with Gasteiger partial charge in [-0.25, -0.2) is 0 Å². The standard InChI is InChI=1S/C47H84O18/c1-8-13-19-22-27(25(6)59-47-44(38(54)35(51)30(11-4)61-47)65-45-40(56)36(52)33(49)29(10-3)60-45)23-20-17-15-14-16-18-21-24-32(48)63-43-31(12-5)62-46(41(57)39(43)55)64-42-26(7)58-28(9-2)34(50)37(42)53/h20,23,25-31,33-47,49-57H,8-19,21-22,24H2,1-7H3/b23-20-/t25?,26?,27?,28?,29?,30?,31?,33-,34-,35-,36+,37+,38+,39-,40?,41?,42?,43-,44?,45+,46+,47-/m1/s1. The minimum atomic E-state index is -1.62. The Morgan fingerprint density at radius 3 is 1.65 bits per heavy atom. The molecule has 0 aromatic rings. The predicted octanol–water partition coefficient (Wildman–Crippen LogP) is 2.41. The number of allylic oxidation sites excluding steroid dienone is 1. The van der Waals surface area contributed by atoms with Gasteiger partial charge >= 0.3 is 5.97 Å². The number of rotatable bonds is 25. The van der Waals surface area contributed by atoms with Crippen molar-refractivity contribution in [3.8, 4) is 0 Å². The van der Waals surface area contributed by atoms with Crippen LogP contribution in [0.1, 0.15) is 145 Å². The first-order valence-corrected chi connectivity index (χ1v) is 24.6. The quantitative estimate of drug-likeness (QED) is 0.0361. The number of aliphatic hydroxyl groups is 9. The van der Waals surface area contributed by atoms with E-state index in [1.807, 2.05) is 20.8 Å². The summed E-state index contributed by atoms with van der Waals surface area (Å²) in [6.07, 6.45) is -9.12. The summed E-state index contributed by atoms with van der Waals surface area (Å²) >= 11 is 0. The molecule has 11 unspecified atom stereocenters. The third-order valence-electron chi connectivity index (χ3n) is 13.6. The molecule has 18 heteroatoms. The highest BCUT2D eigenvalue weighted by Gasteiger charge is 2.52. The molecule has 22 atom stereocenters. The average molecular weight is 937 g/mol. The highest BCUT2D eigenvalue weighted by atomic mass is 16.8. The summed E-state index contributed by atoms with van der Waals surface area (Å²) in [5, 5.41) is 96.7. The van der Waals surface area contributed by atoms with Crippen molar-refractivity contribution in [2.75, 3.05) is 0 Å². The van der Waals surface area contributed by atoms with Gasteiger partial charge in [0.15, 0.2) is 25.0 Å². The number of unbranched alkanes of at least 4 members (excludes halogenated alkanes) is 7. The maximum absolute atomic E-state index is 12.9. The van der Waals surface area contributed by atoms with E-state index in [-0.39, 0.29) is 12.3 Å². The highest BCUT2D eigenvalue weighted by Crippen LogP contribution is 2.34. The van der Waals surface area contributed by atoms with Gasteiger partial charge in [-0.05, 0) is 65.2 Å². The van der Waals surface area contributed by atoms with Gasteiger partial charge in [-0.1, -0.05) is 85.3 Å². The zero-order valence-corrected chi connectivity index (χ0v) is 39.7. The molecule has 0 saturated carbocycles. The molecule has 0 amide bonds. The largest absolute Gasteiger partial charge is 0.457 e. The molecule has 18 nitrogen and oxygen atoms in total. The van der Waals surface area contributed by atoms with Crippen LogP contribution in [-0.4, -0.2) is 181 Å². The molecule has 4 saturated heterocycles. The van der Waals surface area contributed by atoms with Gasteiger partial charge in [-0.15, -0.1) is 0 Å². The van der Waals surface area contributed by atoms with Crippen molar-refractivity contribution in [1.82, 2.24) is 0 Å². The van der Waals surface area contributed by atoms with Crippen LogP contribution in [0.5, 0.6) is 0 Å². The Morgan fingerprint density at radius 1 is 0.538 bits per heavy atom. The Labute approximate surface area is 385 Å². The van der Waals surface area contributed by atoms with Gasteiger partial charge in [-0.3, -0.25) is 4.79 Å². The van der Waals surface area contributed by atoms with E-state index in [2.05, 4.69) is 19.1 Å². The van der Waals surface area contributed by atoms with Crippen LogP contribution in [0.25, 0.3) is 0 Å². The number of aliphatic hydroxyl groups excluding tert-OH is 9. The van der Waals surface area contributed by atoms with Crippen molar-refractivity contribution in [2.24, 2.45) is 5.92 Å². The summed E-state index contributed by atoms with van der Waals surface area (Å²) < 4.78 is 47.6. The lowest BCUT2D eigenvalue weighted by atomic mass is 9.93. The summed E-state index contributed by atoms with van der Waals surface area (Å²) in [5.74, 6) is -0.518. The van der Waals surface area contributed by atoms with Crippen LogP contribution in [0, 0.1) is 5.92 Å². The Balaban J connectivity index is 1.22. The van der Waals surface area contributed by atoms with E-state index in [1.54, 1.807) is 20.8 Å². The number of ether oxygens (including phenoxy) is 8. The molecule has 4 rings (SSSR count). The average Bonchev–Trinajstić information content (AvgIpc) is 3.29. The minimum Gasteiger partial charge on any atom is -0.457 e. The van der Waals surface area contributed by atoms with Crippen LogP contribution in [0.3, 0.4) is 0 Å². The second-order valence-electron chi connectivity index (χ2n) is 18.4. The van der Waals surface area contributed by atoms with Crippen molar-refractivity contribution in [3.05, 3.63) is 12.2 Å². The number of carbonyl (C=O) groups excluding carboxylic acids is 1. The van der Waals surface area contributed by atoms with Crippen molar-refractivity contribution in [1.29, 1.82) is 0 Å². The fourth-order valence-corrected chi connectivity index (χ4v) is 9.29.